The molecule has 0 aromatic heterocycles. The van der Waals surface area contributed by atoms with Gasteiger partial charge in [0.2, 0.25) is 0 Å². The lowest BCUT2D eigenvalue weighted by molar-refractivity contribution is -0.137. The van der Waals surface area contributed by atoms with Gasteiger partial charge in [0.25, 0.3) is 5.91 Å². The molecule has 1 amide bonds. The summed E-state index contributed by atoms with van der Waals surface area (Å²) < 4.78 is 42.1. The van der Waals surface area contributed by atoms with Crippen molar-refractivity contribution in [3.63, 3.8) is 0 Å². The molecule has 0 atom stereocenters. The smallest absolute Gasteiger partial charge is 0.416 e. The molecule has 128 valence electrons. The van der Waals surface area contributed by atoms with Gasteiger partial charge >= 0.3 is 12.1 Å². The summed E-state index contributed by atoms with van der Waals surface area (Å²) in [7, 11) is 0. The van der Waals surface area contributed by atoms with Gasteiger partial charge < -0.3 is 10.1 Å². The predicted molar refractivity (Wildman–Crippen MR) is 76.7 cm³/mol. The van der Waals surface area contributed by atoms with Crippen molar-refractivity contribution < 1.29 is 27.5 Å². The van der Waals surface area contributed by atoms with Gasteiger partial charge in [-0.3, -0.25) is 4.79 Å². The maximum absolute atomic E-state index is 12.4. The summed E-state index contributed by atoms with van der Waals surface area (Å²) in [6, 6.07) is 5.56. The van der Waals surface area contributed by atoms with Crippen LogP contribution in [0.25, 0.3) is 0 Å². The molecule has 24 heavy (non-hydrogen) atoms. The maximum atomic E-state index is 12.4. The number of halogens is 3. The number of esters is 1. The van der Waals surface area contributed by atoms with E-state index in [1.54, 1.807) is 0 Å². The van der Waals surface area contributed by atoms with Gasteiger partial charge in [-0.25, -0.2) is 4.79 Å². The van der Waals surface area contributed by atoms with Gasteiger partial charge in [-0.15, -0.1) is 0 Å². The van der Waals surface area contributed by atoms with E-state index in [0.29, 0.717) is 12.8 Å². The van der Waals surface area contributed by atoms with E-state index >= 15 is 0 Å². The Morgan fingerprint density at radius 1 is 1.21 bits per heavy atom. The van der Waals surface area contributed by atoms with E-state index in [4.69, 9.17) is 10.00 Å². The van der Waals surface area contributed by atoms with Crippen LogP contribution in [0.5, 0.6) is 0 Å². The Bertz CT molecular complexity index is 657. The molecule has 1 aliphatic rings. The van der Waals surface area contributed by atoms with Crippen LogP contribution in [-0.2, 0) is 15.7 Å². The van der Waals surface area contributed by atoms with E-state index in [0.717, 1.165) is 37.1 Å². The summed E-state index contributed by atoms with van der Waals surface area (Å²) in [5.41, 5.74) is -1.89. The number of amides is 1. The Kier molecular flexibility index (Phi) is 5.12. The van der Waals surface area contributed by atoms with Gasteiger partial charge in [-0.05, 0) is 49.9 Å². The van der Waals surface area contributed by atoms with Crippen molar-refractivity contribution in [3.8, 4) is 6.07 Å². The molecule has 2 rings (SSSR count). The molecule has 0 bridgehead atoms. The summed E-state index contributed by atoms with van der Waals surface area (Å²) in [5, 5.41) is 11.7. The Morgan fingerprint density at radius 2 is 1.79 bits per heavy atom. The highest BCUT2D eigenvalue weighted by atomic mass is 19.4. The quantitative estimate of drug-likeness (QED) is 0.855. The summed E-state index contributed by atoms with van der Waals surface area (Å²) >= 11 is 0. The highest BCUT2D eigenvalue weighted by Crippen LogP contribution is 2.29. The molecule has 0 spiro atoms. The van der Waals surface area contributed by atoms with Crippen molar-refractivity contribution in [2.24, 2.45) is 0 Å². The molecule has 0 heterocycles. The zero-order valence-electron chi connectivity index (χ0n) is 12.7. The van der Waals surface area contributed by atoms with Gasteiger partial charge in [0.1, 0.15) is 5.54 Å². The van der Waals surface area contributed by atoms with Crippen LogP contribution < -0.4 is 5.32 Å². The second kappa shape index (κ2) is 6.91. The molecule has 1 N–H and O–H groups in total. The molecule has 1 fully saturated rings. The van der Waals surface area contributed by atoms with Crippen LogP contribution in [0, 0.1) is 11.3 Å². The largest absolute Gasteiger partial charge is 0.452 e. The van der Waals surface area contributed by atoms with Gasteiger partial charge in [-0.1, -0.05) is 0 Å². The molecular weight excluding hydrogens is 325 g/mol. The average Bonchev–Trinajstić information content (AvgIpc) is 3.01. The number of nitrogens with zero attached hydrogens (tertiary/aromatic N) is 1. The van der Waals surface area contributed by atoms with Crippen LogP contribution in [-0.4, -0.2) is 24.0 Å². The maximum Gasteiger partial charge on any atom is 0.416 e. The third-order valence-electron chi connectivity index (χ3n) is 3.83. The fourth-order valence-electron chi connectivity index (χ4n) is 2.56. The molecule has 8 heteroatoms. The Balaban J connectivity index is 1.89. The number of nitriles is 1. The van der Waals surface area contributed by atoms with E-state index in [-0.39, 0.29) is 5.56 Å². The Morgan fingerprint density at radius 3 is 2.29 bits per heavy atom. The first kappa shape index (κ1) is 17.8. The van der Waals surface area contributed by atoms with E-state index in [9.17, 15) is 22.8 Å². The topological polar surface area (TPSA) is 79.2 Å². The highest BCUT2D eigenvalue weighted by Gasteiger charge is 2.35. The number of hydrogen-bond acceptors (Lipinski definition) is 4. The summed E-state index contributed by atoms with van der Waals surface area (Å²) in [6.45, 7) is -0.594. The minimum Gasteiger partial charge on any atom is -0.452 e. The minimum absolute atomic E-state index is 0.0911. The second-order valence-electron chi connectivity index (χ2n) is 5.60. The number of carbonyl (C=O) groups is 2. The molecule has 0 saturated heterocycles. The van der Waals surface area contributed by atoms with Crippen LogP contribution >= 0.6 is 0 Å². The number of ether oxygens (including phenoxy) is 1. The molecular formula is C16H15F3N2O3. The number of alkyl halides is 3. The molecule has 5 nitrogen and oxygen atoms in total. The first-order valence-electron chi connectivity index (χ1n) is 7.32. The first-order chi connectivity index (χ1) is 11.3. The zero-order chi connectivity index (χ0) is 17.8. The number of hydrogen-bond donors (Lipinski definition) is 1. The normalized spacial score (nSPS) is 16.2. The average molecular weight is 340 g/mol. The summed E-state index contributed by atoms with van der Waals surface area (Å²) in [6.07, 6.45) is -1.74. The van der Waals surface area contributed by atoms with Crippen LogP contribution in [0.1, 0.15) is 41.6 Å². The van der Waals surface area contributed by atoms with Crippen molar-refractivity contribution in [2.45, 2.75) is 37.4 Å². The SMILES string of the molecule is N#CC1(NC(=O)COC(=O)c2ccc(C(F)(F)F)cc2)CCCC1. The lowest BCUT2D eigenvalue weighted by atomic mass is 10.00. The number of rotatable bonds is 4. The first-order valence-corrected chi connectivity index (χ1v) is 7.32. The van der Waals surface area contributed by atoms with E-state index in [1.165, 1.54) is 0 Å². The fraction of sp³-hybridized carbons (Fsp3) is 0.438. The van der Waals surface area contributed by atoms with Crippen molar-refractivity contribution in [2.75, 3.05) is 6.61 Å². The monoisotopic (exact) mass is 340 g/mol. The standard InChI is InChI=1S/C16H15F3N2O3/c17-16(18,19)12-5-3-11(4-6-12)14(23)24-9-13(22)21-15(10-20)7-1-2-8-15/h3-6H,1-2,7-9H2,(H,21,22). The fourth-order valence-corrected chi connectivity index (χ4v) is 2.56. The lowest BCUT2D eigenvalue weighted by Gasteiger charge is -2.21. The number of nitrogens with one attached hydrogen (secondary N) is 1. The second-order valence-corrected chi connectivity index (χ2v) is 5.60. The van der Waals surface area contributed by atoms with Crippen LogP contribution in [0.15, 0.2) is 24.3 Å². The molecule has 0 radical (unpaired) electrons. The van der Waals surface area contributed by atoms with Gasteiger partial charge in [0, 0.05) is 0 Å². The van der Waals surface area contributed by atoms with Gasteiger partial charge in [-0.2, -0.15) is 18.4 Å². The van der Waals surface area contributed by atoms with Gasteiger partial charge in [0.15, 0.2) is 6.61 Å². The van der Waals surface area contributed by atoms with Crippen LogP contribution in [0.4, 0.5) is 13.2 Å². The van der Waals surface area contributed by atoms with Crippen molar-refractivity contribution in [3.05, 3.63) is 35.4 Å². The van der Waals surface area contributed by atoms with Crippen molar-refractivity contribution >= 4 is 11.9 Å². The third kappa shape index (κ3) is 4.25. The Hall–Kier alpha value is -2.56. The van der Waals surface area contributed by atoms with Crippen LogP contribution in [0.3, 0.4) is 0 Å². The zero-order valence-corrected chi connectivity index (χ0v) is 12.7. The molecule has 1 saturated carbocycles. The van der Waals surface area contributed by atoms with Gasteiger partial charge in [0.05, 0.1) is 17.2 Å². The van der Waals surface area contributed by atoms with Crippen molar-refractivity contribution in [1.82, 2.24) is 5.32 Å². The molecule has 1 aliphatic carbocycles. The molecule has 1 aromatic carbocycles. The molecule has 0 aliphatic heterocycles. The predicted octanol–water partition coefficient (Wildman–Crippen LogP) is 2.81. The third-order valence-corrected chi connectivity index (χ3v) is 3.83. The van der Waals surface area contributed by atoms with E-state index < -0.39 is 35.8 Å². The lowest BCUT2D eigenvalue weighted by Crippen LogP contribution is -2.46. The Labute approximate surface area is 136 Å². The minimum atomic E-state index is -4.49. The molecule has 0 unspecified atom stereocenters. The molecule has 1 aromatic rings. The summed E-state index contributed by atoms with van der Waals surface area (Å²) in [4.78, 5) is 23.5. The number of benzene rings is 1. The van der Waals surface area contributed by atoms with Crippen molar-refractivity contribution in [1.29, 1.82) is 5.26 Å². The highest BCUT2D eigenvalue weighted by molar-refractivity contribution is 5.91. The number of carbonyl (C=O) groups excluding carboxylic acids is 2. The summed E-state index contributed by atoms with van der Waals surface area (Å²) in [5.74, 6) is -1.52. The van der Waals surface area contributed by atoms with Crippen LogP contribution in [0.2, 0.25) is 0 Å². The van der Waals surface area contributed by atoms with E-state index in [2.05, 4.69) is 11.4 Å². The van der Waals surface area contributed by atoms with E-state index in [1.807, 2.05) is 0 Å².